The molecule has 0 spiro atoms. The van der Waals surface area contributed by atoms with Crippen LogP contribution in [0.15, 0.2) is 40.6 Å². The maximum atomic E-state index is 12.8. The van der Waals surface area contributed by atoms with E-state index in [1.54, 1.807) is 26.0 Å². The number of aryl methyl sites for hydroxylation is 1. The van der Waals surface area contributed by atoms with Crippen LogP contribution in [0.25, 0.3) is 6.08 Å². The lowest BCUT2D eigenvalue weighted by Crippen LogP contribution is -2.30. The molecule has 2 aromatic rings. The van der Waals surface area contributed by atoms with Crippen LogP contribution in [0.5, 0.6) is 0 Å². The first kappa shape index (κ1) is 20.4. The van der Waals surface area contributed by atoms with Gasteiger partial charge in [0, 0.05) is 29.7 Å². The molecule has 0 aliphatic carbocycles. The molecular weight excluding hydrogens is 368 g/mol. The fourth-order valence-electron chi connectivity index (χ4n) is 2.54. The summed E-state index contributed by atoms with van der Waals surface area (Å²) in [4.78, 5) is 13.4. The van der Waals surface area contributed by atoms with E-state index in [-0.39, 0.29) is 10.8 Å². The number of nitrogens with zero attached hydrogens (tertiary/aromatic N) is 1. The number of carbonyl (C=O) groups is 1. The standard InChI is InChI=1S/C19H24N2O3S2/c1-5-21(6-2)26(23,24)17-12-14(3)15(4)18(13-17)20-19(22)10-9-16-8-7-11-25-16/h7-13H,5-6H2,1-4H3,(H,20,22)/b10-9+. The predicted octanol–water partition coefficient (Wildman–Crippen LogP) is 4.05. The first-order valence-corrected chi connectivity index (χ1v) is 10.8. The molecule has 1 aromatic carbocycles. The average Bonchev–Trinajstić information content (AvgIpc) is 3.11. The molecule has 0 radical (unpaired) electrons. The van der Waals surface area contributed by atoms with E-state index in [1.165, 1.54) is 27.8 Å². The van der Waals surface area contributed by atoms with Gasteiger partial charge in [-0.25, -0.2) is 8.42 Å². The van der Waals surface area contributed by atoms with Gasteiger partial charge in [0.2, 0.25) is 15.9 Å². The number of sulfonamides is 1. The van der Waals surface area contributed by atoms with Crippen LogP contribution in [0.1, 0.15) is 29.9 Å². The highest BCUT2D eigenvalue weighted by Gasteiger charge is 2.23. The van der Waals surface area contributed by atoms with E-state index in [2.05, 4.69) is 5.32 Å². The Morgan fingerprint density at radius 1 is 1.23 bits per heavy atom. The van der Waals surface area contributed by atoms with Crippen molar-refractivity contribution in [2.45, 2.75) is 32.6 Å². The third-order valence-corrected chi connectivity index (χ3v) is 7.05. The monoisotopic (exact) mass is 392 g/mol. The summed E-state index contributed by atoms with van der Waals surface area (Å²) < 4.78 is 27.0. The van der Waals surface area contributed by atoms with Crippen molar-refractivity contribution >= 4 is 39.0 Å². The fourth-order valence-corrected chi connectivity index (χ4v) is 4.72. The van der Waals surface area contributed by atoms with Crippen LogP contribution >= 0.6 is 11.3 Å². The highest BCUT2D eigenvalue weighted by atomic mass is 32.2. The molecule has 140 valence electrons. The molecule has 0 aliphatic rings. The van der Waals surface area contributed by atoms with Gasteiger partial charge in [-0.1, -0.05) is 19.9 Å². The van der Waals surface area contributed by atoms with Crippen molar-refractivity contribution in [2.24, 2.45) is 0 Å². The number of nitrogens with one attached hydrogen (secondary N) is 1. The van der Waals surface area contributed by atoms with Crippen molar-refractivity contribution in [1.29, 1.82) is 0 Å². The SMILES string of the molecule is CCN(CC)S(=O)(=O)c1cc(C)c(C)c(NC(=O)/C=C/c2cccs2)c1. The van der Waals surface area contributed by atoms with Crippen molar-refractivity contribution in [2.75, 3.05) is 18.4 Å². The maximum Gasteiger partial charge on any atom is 0.248 e. The summed E-state index contributed by atoms with van der Waals surface area (Å²) in [5, 5.41) is 4.73. The maximum absolute atomic E-state index is 12.8. The summed E-state index contributed by atoms with van der Waals surface area (Å²) >= 11 is 1.54. The Morgan fingerprint density at radius 3 is 2.50 bits per heavy atom. The summed E-state index contributed by atoms with van der Waals surface area (Å²) in [5.41, 5.74) is 2.17. The van der Waals surface area contributed by atoms with Gasteiger partial charge < -0.3 is 5.32 Å². The Morgan fingerprint density at radius 2 is 1.92 bits per heavy atom. The first-order valence-electron chi connectivity index (χ1n) is 8.43. The molecular formula is C19H24N2O3S2. The Labute approximate surface area is 159 Å². The van der Waals surface area contributed by atoms with Gasteiger partial charge in [0.25, 0.3) is 0 Å². The van der Waals surface area contributed by atoms with Gasteiger partial charge in [0.1, 0.15) is 0 Å². The van der Waals surface area contributed by atoms with Crippen LogP contribution in [0.3, 0.4) is 0 Å². The Hall–Kier alpha value is -1.96. The van der Waals surface area contributed by atoms with E-state index in [0.29, 0.717) is 18.8 Å². The third-order valence-electron chi connectivity index (χ3n) is 4.18. The van der Waals surface area contributed by atoms with Gasteiger partial charge in [0.15, 0.2) is 0 Å². The number of benzene rings is 1. The number of rotatable bonds is 7. The van der Waals surface area contributed by atoms with Crippen molar-refractivity contribution in [3.63, 3.8) is 0 Å². The minimum absolute atomic E-state index is 0.196. The topological polar surface area (TPSA) is 66.5 Å². The van der Waals surface area contributed by atoms with Crippen molar-refractivity contribution in [3.8, 4) is 0 Å². The van der Waals surface area contributed by atoms with E-state index in [4.69, 9.17) is 0 Å². The lowest BCUT2D eigenvalue weighted by atomic mass is 10.1. The Kier molecular flexibility index (Phi) is 6.75. The predicted molar refractivity (Wildman–Crippen MR) is 108 cm³/mol. The number of hydrogen-bond acceptors (Lipinski definition) is 4. The van der Waals surface area contributed by atoms with Crippen LogP contribution in [-0.4, -0.2) is 31.7 Å². The van der Waals surface area contributed by atoms with Crippen LogP contribution < -0.4 is 5.32 Å². The molecule has 2 rings (SSSR count). The minimum Gasteiger partial charge on any atom is -0.322 e. The molecule has 0 aliphatic heterocycles. The molecule has 1 N–H and O–H groups in total. The molecule has 7 heteroatoms. The second-order valence-electron chi connectivity index (χ2n) is 5.84. The van der Waals surface area contributed by atoms with E-state index in [0.717, 1.165) is 16.0 Å². The normalized spacial score (nSPS) is 12.0. The number of anilines is 1. The summed E-state index contributed by atoms with van der Waals surface area (Å²) in [6.45, 7) is 8.11. The molecule has 26 heavy (non-hydrogen) atoms. The highest BCUT2D eigenvalue weighted by molar-refractivity contribution is 7.89. The van der Waals surface area contributed by atoms with Gasteiger partial charge in [0.05, 0.1) is 4.90 Å². The van der Waals surface area contributed by atoms with E-state index < -0.39 is 10.0 Å². The van der Waals surface area contributed by atoms with Crippen molar-refractivity contribution in [3.05, 3.63) is 51.7 Å². The van der Waals surface area contributed by atoms with Crippen LogP contribution in [-0.2, 0) is 14.8 Å². The molecule has 1 aromatic heterocycles. The number of amides is 1. The lowest BCUT2D eigenvalue weighted by Gasteiger charge is -2.20. The minimum atomic E-state index is -3.58. The number of thiophene rings is 1. The summed E-state index contributed by atoms with van der Waals surface area (Å²) in [7, 11) is -3.58. The van der Waals surface area contributed by atoms with Crippen LogP contribution in [0, 0.1) is 13.8 Å². The second kappa shape index (κ2) is 8.62. The highest BCUT2D eigenvalue weighted by Crippen LogP contribution is 2.26. The molecule has 5 nitrogen and oxygen atoms in total. The summed E-state index contributed by atoms with van der Waals surface area (Å²) in [5.74, 6) is -0.293. The van der Waals surface area contributed by atoms with Crippen LogP contribution in [0.2, 0.25) is 0 Å². The van der Waals surface area contributed by atoms with Crippen molar-refractivity contribution in [1.82, 2.24) is 4.31 Å². The quantitative estimate of drug-likeness (QED) is 0.723. The van der Waals surface area contributed by atoms with E-state index in [1.807, 2.05) is 31.4 Å². The van der Waals surface area contributed by atoms with E-state index >= 15 is 0 Å². The lowest BCUT2D eigenvalue weighted by molar-refractivity contribution is -0.111. The van der Waals surface area contributed by atoms with Gasteiger partial charge in [-0.3, -0.25) is 4.79 Å². The zero-order chi connectivity index (χ0) is 19.3. The Bertz CT molecular complexity index is 897. The zero-order valence-corrected chi connectivity index (χ0v) is 17.1. The molecule has 0 bridgehead atoms. The molecule has 0 saturated carbocycles. The molecule has 1 amide bonds. The van der Waals surface area contributed by atoms with E-state index in [9.17, 15) is 13.2 Å². The number of hydrogen-bond donors (Lipinski definition) is 1. The molecule has 0 saturated heterocycles. The average molecular weight is 393 g/mol. The summed E-state index contributed by atoms with van der Waals surface area (Å²) in [6.07, 6.45) is 3.19. The third kappa shape index (κ3) is 4.60. The first-order chi connectivity index (χ1) is 12.3. The van der Waals surface area contributed by atoms with Crippen LogP contribution in [0.4, 0.5) is 5.69 Å². The van der Waals surface area contributed by atoms with Gasteiger partial charge in [-0.05, 0) is 54.6 Å². The number of carbonyl (C=O) groups excluding carboxylic acids is 1. The molecule has 0 fully saturated rings. The van der Waals surface area contributed by atoms with Gasteiger partial charge in [-0.2, -0.15) is 4.31 Å². The Balaban J connectivity index is 2.32. The largest absolute Gasteiger partial charge is 0.322 e. The summed E-state index contributed by atoms with van der Waals surface area (Å²) in [6, 6.07) is 7.02. The smallest absolute Gasteiger partial charge is 0.248 e. The second-order valence-corrected chi connectivity index (χ2v) is 8.76. The van der Waals surface area contributed by atoms with Gasteiger partial charge in [-0.15, -0.1) is 11.3 Å². The molecule has 1 heterocycles. The van der Waals surface area contributed by atoms with Crippen molar-refractivity contribution < 1.29 is 13.2 Å². The van der Waals surface area contributed by atoms with Gasteiger partial charge >= 0.3 is 0 Å². The zero-order valence-electron chi connectivity index (χ0n) is 15.4. The molecule has 0 atom stereocenters. The fraction of sp³-hybridized carbons (Fsp3) is 0.316. The molecule has 0 unspecified atom stereocenters.